The summed E-state index contributed by atoms with van der Waals surface area (Å²) in [5.74, 6) is -0.368. The first kappa shape index (κ1) is 14.0. The third-order valence-corrected chi connectivity index (χ3v) is 2.84. The van der Waals surface area contributed by atoms with Gasteiger partial charge in [0.1, 0.15) is 0 Å². The Labute approximate surface area is 107 Å². The van der Waals surface area contributed by atoms with Crippen LogP contribution in [0.15, 0.2) is 24.3 Å². The van der Waals surface area contributed by atoms with E-state index in [0.29, 0.717) is 5.02 Å². The molecule has 1 rings (SSSR count). The minimum absolute atomic E-state index is 0.0558. The third kappa shape index (κ3) is 4.00. The standard InChI is InChI=1S/C12H18ClN3O/c1-8(14)12(16(2)7-11(15)17)9-3-5-10(13)6-4-9/h3-6,8,12H,7,14H2,1-2H3,(H2,15,17). The van der Waals surface area contributed by atoms with E-state index in [4.69, 9.17) is 23.1 Å². The highest BCUT2D eigenvalue weighted by Crippen LogP contribution is 2.23. The average molecular weight is 256 g/mol. The van der Waals surface area contributed by atoms with E-state index in [1.165, 1.54) is 0 Å². The Bertz CT molecular complexity index is 378. The molecule has 0 spiro atoms. The van der Waals surface area contributed by atoms with Crippen molar-refractivity contribution in [3.05, 3.63) is 34.9 Å². The van der Waals surface area contributed by atoms with Gasteiger partial charge in [-0.25, -0.2) is 0 Å². The highest BCUT2D eigenvalue weighted by molar-refractivity contribution is 6.30. The molecule has 4 N–H and O–H groups in total. The zero-order valence-corrected chi connectivity index (χ0v) is 10.8. The van der Waals surface area contributed by atoms with Crippen molar-refractivity contribution in [3.8, 4) is 0 Å². The van der Waals surface area contributed by atoms with Gasteiger partial charge in [-0.05, 0) is 31.7 Å². The molecule has 5 heteroatoms. The van der Waals surface area contributed by atoms with Crippen molar-refractivity contribution in [1.82, 2.24) is 4.90 Å². The molecule has 17 heavy (non-hydrogen) atoms. The number of hydrogen-bond donors (Lipinski definition) is 2. The van der Waals surface area contributed by atoms with Crippen LogP contribution in [0.3, 0.4) is 0 Å². The Kier molecular flexibility index (Phi) is 4.93. The van der Waals surface area contributed by atoms with Crippen LogP contribution in [0.25, 0.3) is 0 Å². The summed E-state index contributed by atoms with van der Waals surface area (Å²) in [7, 11) is 1.83. The van der Waals surface area contributed by atoms with Gasteiger partial charge in [-0.2, -0.15) is 0 Å². The van der Waals surface area contributed by atoms with Crippen LogP contribution in [-0.2, 0) is 4.79 Å². The molecule has 0 bridgehead atoms. The van der Waals surface area contributed by atoms with E-state index in [-0.39, 0.29) is 24.5 Å². The molecule has 2 unspecified atom stereocenters. The Morgan fingerprint density at radius 2 is 1.94 bits per heavy atom. The smallest absolute Gasteiger partial charge is 0.231 e. The van der Waals surface area contributed by atoms with Gasteiger partial charge in [0.2, 0.25) is 5.91 Å². The molecule has 0 aliphatic heterocycles. The number of carbonyl (C=O) groups excluding carboxylic acids is 1. The van der Waals surface area contributed by atoms with Crippen LogP contribution in [0.4, 0.5) is 0 Å². The highest BCUT2D eigenvalue weighted by atomic mass is 35.5. The predicted molar refractivity (Wildman–Crippen MR) is 69.7 cm³/mol. The van der Waals surface area contributed by atoms with E-state index in [1.54, 1.807) is 0 Å². The van der Waals surface area contributed by atoms with Crippen LogP contribution in [0.1, 0.15) is 18.5 Å². The molecular weight excluding hydrogens is 238 g/mol. The van der Waals surface area contributed by atoms with Gasteiger partial charge in [0, 0.05) is 17.1 Å². The molecular formula is C12H18ClN3O. The Hall–Kier alpha value is -1.10. The van der Waals surface area contributed by atoms with Gasteiger partial charge in [0.05, 0.1) is 6.54 Å². The molecule has 1 aromatic carbocycles. The monoisotopic (exact) mass is 255 g/mol. The molecule has 4 nitrogen and oxygen atoms in total. The lowest BCUT2D eigenvalue weighted by molar-refractivity contribution is -0.119. The fourth-order valence-corrected chi connectivity index (χ4v) is 2.09. The number of benzene rings is 1. The van der Waals surface area contributed by atoms with Crippen LogP contribution < -0.4 is 11.5 Å². The van der Waals surface area contributed by atoms with Crippen molar-refractivity contribution in [3.63, 3.8) is 0 Å². The van der Waals surface area contributed by atoms with Gasteiger partial charge in [-0.15, -0.1) is 0 Å². The van der Waals surface area contributed by atoms with Crippen LogP contribution in [0, 0.1) is 0 Å². The van der Waals surface area contributed by atoms with Crippen LogP contribution in [-0.4, -0.2) is 30.4 Å². The molecule has 0 saturated heterocycles. The number of nitrogens with two attached hydrogens (primary N) is 2. The summed E-state index contributed by atoms with van der Waals surface area (Å²) in [5.41, 5.74) is 12.2. The molecule has 2 atom stereocenters. The summed E-state index contributed by atoms with van der Waals surface area (Å²) in [4.78, 5) is 12.8. The fraction of sp³-hybridized carbons (Fsp3) is 0.417. The third-order valence-electron chi connectivity index (χ3n) is 2.59. The topological polar surface area (TPSA) is 72.3 Å². The molecule has 0 saturated carbocycles. The lowest BCUT2D eigenvalue weighted by atomic mass is 9.99. The molecule has 1 aromatic rings. The SMILES string of the molecule is CC(N)C(c1ccc(Cl)cc1)N(C)CC(N)=O. The summed E-state index contributed by atoms with van der Waals surface area (Å²) in [6.07, 6.45) is 0. The summed E-state index contributed by atoms with van der Waals surface area (Å²) in [5, 5.41) is 0.676. The normalized spacial score (nSPS) is 14.6. The van der Waals surface area contributed by atoms with Crippen LogP contribution in [0.5, 0.6) is 0 Å². The van der Waals surface area contributed by atoms with Crippen molar-refractivity contribution in [2.24, 2.45) is 11.5 Å². The number of rotatable bonds is 5. The number of nitrogens with zero attached hydrogens (tertiary/aromatic N) is 1. The first-order chi connectivity index (χ1) is 7.91. The first-order valence-electron chi connectivity index (χ1n) is 5.41. The number of hydrogen-bond acceptors (Lipinski definition) is 3. The maximum Gasteiger partial charge on any atom is 0.231 e. The molecule has 0 fully saturated rings. The molecule has 0 aliphatic rings. The van der Waals surface area contributed by atoms with Crippen LogP contribution in [0.2, 0.25) is 5.02 Å². The summed E-state index contributed by atoms with van der Waals surface area (Å²) < 4.78 is 0. The predicted octanol–water partition coefficient (Wildman–Crippen LogP) is 1.15. The zero-order chi connectivity index (χ0) is 13.0. The van der Waals surface area contributed by atoms with E-state index in [1.807, 2.05) is 43.1 Å². The fourth-order valence-electron chi connectivity index (χ4n) is 1.96. The van der Waals surface area contributed by atoms with E-state index >= 15 is 0 Å². The van der Waals surface area contributed by atoms with Gasteiger partial charge in [-0.3, -0.25) is 9.69 Å². The van der Waals surface area contributed by atoms with E-state index in [9.17, 15) is 4.79 Å². The summed E-state index contributed by atoms with van der Waals surface area (Å²) >= 11 is 5.84. The molecule has 0 aliphatic carbocycles. The van der Waals surface area contributed by atoms with Gasteiger partial charge in [0.15, 0.2) is 0 Å². The minimum atomic E-state index is -0.368. The zero-order valence-electron chi connectivity index (χ0n) is 10.1. The summed E-state index contributed by atoms with van der Waals surface area (Å²) in [6, 6.07) is 7.27. The van der Waals surface area contributed by atoms with Crippen molar-refractivity contribution in [2.75, 3.05) is 13.6 Å². The lowest BCUT2D eigenvalue weighted by Crippen LogP contribution is -2.41. The molecule has 0 heterocycles. The van der Waals surface area contributed by atoms with Gasteiger partial charge in [-0.1, -0.05) is 23.7 Å². The Morgan fingerprint density at radius 1 is 1.41 bits per heavy atom. The second-order valence-electron chi connectivity index (χ2n) is 4.24. The maximum absolute atomic E-state index is 10.9. The number of likely N-dealkylation sites (N-methyl/N-ethyl adjacent to an activating group) is 1. The van der Waals surface area contributed by atoms with Crippen LogP contribution >= 0.6 is 11.6 Å². The lowest BCUT2D eigenvalue weighted by Gasteiger charge is -2.30. The Balaban J connectivity index is 2.92. The highest BCUT2D eigenvalue weighted by Gasteiger charge is 2.22. The number of primary amides is 1. The molecule has 0 aromatic heterocycles. The molecule has 94 valence electrons. The second kappa shape index (κ2) is 6.00. The van der Waals surface area contributed by atoms with Gasteiger partial charge >= 0.3 is 0 Å². The van der Waals surface area contributed by atoms with Gasteiger partial charge < -0.3 is 11.5 Å². The Morgan fingerprint density at radius 3 is 2.35 bits per heavy atom. The van der Waals surface area contributed by atoms with Crippen molar-refractivity contribution in [2.45, 2.75) is 19.0 Å². The quantitative estimate of drug-likeness (QED) is 0.829. The number of carbonyl (C=O) groups is 1. The number of amides is 1. The van der Waals surface area contributed by atoms with Gasteiger partial charge in [0.25, 0.3) is 0 Å². The van der Waals surface area contributed by atoms with Crippen molar-refractivity contribution >= 4 is 17.5 Å². The van der Waals surface area contributed by atoms with E-state index < -0.39 is 0 Å². The number of halogens is 1. The maximum atomic E-state index is 10.9. The second-order valence-corrected chi connectivity index (χ2v) is 4.67. The van der Waals surface area contributed by atoms with E-state index in [2.05, 4.69) is 0 Å². The van der Waals surface area contributed by atoms with E-state index in [0.717, 1.165) is 5.56 Å². The first-order valence-corrected chi connectivity index (χ1v) is 5.79. The van der Waals surface area contributed by atoms with Crippen molar-refractivity contribution < 1.29 is 4.79 Å². The minimum Gasteiger partial charge on any atom is -0.369 e. The largest absolute Gasteiger partial charge is 0.369 e. The van der Waals surface area contributed by atoms with Crippen molar-refractivity contribution in [1.29, 1.82) is 0 Å². The molecule has 0 radical (unpaired) electrons. The average Bonchev–Trinajstić information content (AvgIpc) is 2.19. The summed E-state index contributed by atoms with van der Waals surface area (Å²) in [6.45, 7) is 2.08. The molecule has 1 amide bonds.